The van der Waals surface area contributed by atoms with Crippen LogP contribution in [0.1, 0.15) is 13.3 Å². The van der Waals surface area contributed by atoms with Crippen LogP contribution in [0.15, 0.2) is 0 Å². The standard InChI is InChI=1S/C7H16N2.ClH/c1-7(9(2)3)4-5-8-6-7;/h8H,4-6H2,1-3H3;1H/t7-;/m0./s1. The lowest BCUT2D eigenvalue weighted by atomic mass is 10.0. The summed E-state index contributed by atoms with van der Waals surface area (Å²) in [4.78, 5) is 2.30. The van der Waals surface area contributed by atoms with Crippen molar-refractivity contribution in [2.45, 2.75) is 18.9 Å². The van der Waals surface area contributed by atoms with E-state index >= 15 is 0 Å². The molecule has 1 aliphatic rings. The number of hydrogen-bond acceptors (Lipinski definition) is 2. The van der Waals surface area contributed by atoms with E-state index in [2.05, 4.69) is 31.2 Å². The largest absolute Gasteiger partial charge is 0.315 e. The molecule has 1 rings (SSSR count). The molecule has 1 heterocycles. The van der Waals surface area contributed by atoms with Crippen molar-refractivity contribution in [3.8, 4) is 0 Å². The summed E-state index contributed by atoms with van der Waals surface area (Å²) in [6.45, 7) is 4.61. The maximum absolute atomic E-state index is 3.35. The fourth-order valence-electron chi connectivity index (χ4n) is 1.19. The third-order valence-electron chi connectivity index (χ3n) is 2.43. The van der Waals surface area contributed by atoms with Crippen LogP contribution in [0.3, 0.4) is 0 Å². The van der Waals surface area contributed by atoms with Gasteiger partial charge in [0.15, 0.2) is 0 Å². The molecule has 0 aliphatic carbocycles. The molecule has 0 bridgehead atoms. The van der Waals surface area contributed by atoms with Crippen molar-refractivity contribution in [3.05, 3.63) is 0 Å². The topological polar surface area (TPSA) is 15.3 Å². The molecule has 1 atom stereocenters. The van der Waals surface area contributed by atoms with Gasteiger partial charge < -0.3 is 10.2 Å². The van der Waals surface area contributed by atoms with Crippen LogP contribution in [-0.2, 0) is 0 Å². The highest BCUT2D eigenvalue weighted by Crippen LogP contribution is 2.18. The SMILES string of the molecule is CN(C)[C@@]1(C)CCNC1.Cl. The number of nitrogens with one attached hydrogen (secondary N) is 1. The van der Waals surface area contributed by atoms with E-state index in [1.54, 1.807) is 0 Å². The second kappa shape index (κ2) is 3.56. The van der Waals surface area contributed by atoms with Gasteiger partial charge in [-0.3, -0.25) is 0 Å². The molecule has 1 fully saturated rings. The minimum absolute atomic E-state index is 0. The van der Waals surface area contributed by atoms with Crippen molar-refractivity contribution in [2.24, 2.45) is 0 Å². The Balaban J connectivity index is 0.000000810. The predicted octanol–water partition coefficient (Wildman–Crippen LogP) is 0.722. The first-order valence-electron chi connectivity index (χ1n) is 3.53. The van der Waals surface area contributed by atoms with Crippen LogP contribution < -0.4 is 5.32 Å². The second-order valence-corrected chi connectivity index (χ2v) is 3.32. The van der Waals surface area contributed by atoms with Crippen molar-refractivity contribution >= 4 is 12.4 Å². The first-order valence-corrected chi connectivity index (χ1v) is 3.53. The minimum Gasteiger partial charge on any atom is -0.315 e. The van der Waals surface area contributed by atoms with Gasteiger partial charge >= 0.3 is 0 Å². The summed E-state index contributed by atoms with van der Waals surface area (Å²) in [6.07, 6.45) is 1.28. The van der Waals surface area contributed by atoms with Crippen molar-refractivity contribution in [1.29, 1.82) is 0 Å². The van der Waals surface area contributed by atoms with Gasteiger partial charge in [0.1, 0.15) is 0 Å². The van der Waals surface area contributed by atoms with Gasteiger partial charge in [0, 0.05) is 12.1 Å². The van der Waals surface area contributed by atoms with E-state index in [0.29, 0.717) is 5.54 Å². The van der Waals surface area contributed by atoms with Gasteiger partial charge in [0.2, 0.25) is 0 Å². The average molecular weight is 165 g/mol. The molecule has 0 spiro atoms. The smallest absolute Gasteiger partial charge is 0.0311 e. The van der Waals surface area contributed by atoms with Crippen LogP contribution in [0.4, 0.5) is 0 Å². The van der Waals surface area contributed by atoms with Crippen LogP contribution in [0.2, 0.25) is 0 Å². The molecular formula is C7H17ClN2. The molecule has 0 radical (unpaired) electrons. The third kappa shape index (κ3) is 1.84. The van der Waals surface area contributed by atoms with Crippen LogP contribution in [-0.4, -0.2) is 37.6 Å². The first-order chi connectivity index (χ1) is 4.15. The normalized spacial score (nSPS) is 32.4. The number of halogens is 1. The average Bonchev–Trinajstić information content (AvgIpc) is 2.16. The van der Waals surface area contributed by atoms with E-state index in [1.165, 1.54) is 13.0 Å². The van der Waals surface area contributed by atoms with E-state index in [4.69, 9.17) is 0 Å². The van der Waals surface area contributed by atoms with E-state index in [9.17, 15) is 0 Å². The molecule has 0 aromatic heterocycles. The fourth-order valence-corrected chi connectivity index (χ4v) is 1.19. The Labute approximate surface area is 69.4 Å². The minimum atomic E-state index is 0. The Morgan fingerprint density at radius 3 is 2.20 bits per heavy atom. The Morgan fingerprint density at radius 2 is 2.00 bits per heavy atom. The molecule has 0 amide bonds. The molecule has 62 valence electrons. The monoisotopic (exact) mass is 164 g/mol. The first kappa shape index (κ1) is 10.2. The number of rotatable bonds is 1. The molecular weight excluding hydrogens is 148 g/mol. The number of hydrogen-bond donors (Lipinski definition) is 1. The Hall–Kier alpha value is 0.210. The Bertz CT molecular complexity index is 97.8. The molecule has 1 saturated heterocycles. The van der Waals surface area contributed by atoms with Crippen molar-refractivity contribution in [1.82, 2.24) is 10.2 Å². The van der Waals surface area contributed by atoms with Gasteiger partial charge in [-0.1, -0.05) is 0 Å². The van der Waals surface area contributed by atoms with E-state index < -0.39 is 0 Å². The summed E-state index contributed by atoms with van der Waals surface area (Å²) in [5.41, 5.74) is 0.417. The van der Waals surface area contributed by atoms with Crippen molar-refractivity contribution in [2.75, 3.05) is 27.2 Å². The lowest BCUT2D eigenvalue weighted by molar-refractivity contribution is 0.196. The maximum Gasteiger partial charge on any atom is 0.0311 e. The van der Waals surface area contributed by atoms with E-state index in [-0.39, 0.29) is 12.4 Å². The lowest BCUT2D eigenvalue weighted by Crippen LogP contribution is -2.42. The molecule has 0 aromatic carbocycles. The van der Waals surface area contributed by atoms with Crippen LogP contribution in [0.25, 0.3) is 0 Å². The van der Waals surface area contributed by atoms with E-state index in [0.717, 1.165) is 6.54 Å². The van der Waals surface area contributed by atoms with Gasteiger partial charge in [-0.05, 0) is 34.0 Å². The maximum atomic E-state index is 3.35. The van der Waals surface area contributed by atoms with Gasteiger partial charge in [0.25, 0.3) is 0 Å². The van der Waals surface area contributed by atoms with E-state index in [1.807, 2.05) is 0 Å². The van der Waals surface area contributed by atoms with Crippen LogP contribution in [0, 0.1) is 0 Å². The molecule has 0 aromatic rings. The summed E-state index contributed by atoms with van der Waals surface area (Å²) < 4.78 is 0. The zero-order valence-corrected chi connectivity index (χ0v) is 7.79. The second-order valence-electron chi connectivity index (χ2n) is 3.32. The molecule has 2 nitrogen and oxygen atoms in total. The predicted molar refractivity (Wildman–Crippen MR) is 46.8 cm³/mol. The molecule has 0 unspecified atom stereocenters. The van der Waals surface area contributed by atoms with Crippen LogP contribution >= 0.6 is 12.4 Å². The van der Waals surface area contributed by atoms with Gasteiger partial charge in [-0.25, -0.2) is 0 Å². The van der Waals surface area contributed by atoms with Crippen molar-refractivity contribution < 1.29 is 0 Å². The molecule has 1 N–H and O–H groups in total. The zero-order chi connectivity index (χ0) is 6.91. The molecule has 0 saturated carbocycles. The van der Waals surface area contributed by atoms with Gasteiger partial charge in [0.05, 0.1) is 0 Å². The fraction of sp³-hybridized carbons (Fsp3) is 1.00. The summed E-state index contributed by atoms with van der Waals surface area (Å²) in [5.74, 6) is 0. The van der Waals surface area contributed by atoms with Crippen molar-refractivity contribution in [3.63, 3.8) is 0 Å². The highest BCUT2D eigenvalue weighted by atomic mass is 35.5. The summed E-state index contributed by atoms with van der Waals surface area (Å²) in [7, 11) is 4.29. The third-order valence-corrected chi connectivity index (χ3v) is 2.43. The summed E-state index contributed by atoms with van der Waals surface area (Å²) in [5, 5.41) is 3.35. The van der Waals surface area contributed by atoms with Gasteiger partial charge in [-0.15, -0.1) is 12.4 Å². The van der Waals surface area contributed by atoms with Gasteiger partial charge in [-0.2, -0.15) is 0 Å². The molecule has 3 heteroatoms. The molecule has 10 heavy (non-hydrogen) atoms. The highest BCUT2D eigenvalue weighted by molar-refractivity contribution is 5.85. The number of likely N-dealkylation sites (N-methyl/N-ethyl adjacent to an activating group) is 1. The lowest BCUT2D eigenvalue weighted by Gasteiger charge is -2.30. The number of nitrogens with zero attached hydrogens (tertiary/aromatic N) is 1. The zero-order valence-electron chi connectivity index (χ0n) is 6.98. The molecule has 1 aliphatic heterocycles. The quantitative estimate of drug-likeness (QED) is 0.615. The summed E-state index contributed by atoms with van der Waals surface area (Å²) >= 11 is 0. The Morgan fingerprint density at radius 1 is 1.40 bits per heavy atom. The Kier molecular flexibility index (Phi) is 3.63. The highest BCUT2D eigenvalue weighted by Gasteiger charge is 2.29. The van der Waals surface area contributed by atoms with Crippen LogP contribution in [0.5, 0.6) is 0 Å². The summed E-state index contributed by atoms with van der Waals surface area (Å²) in [6, 6.07) is 0.